The molecule has 0 heterocycles. The van der Waals surface area contributed by atoms with E-state index in [1.807, 2.05) is 0 Å². The van der Waals surface area contributed by atoms with Crippen LogP contribution in [0.1, 0.15) is 13.8 Å². The molecule has 0 saturated heterocycles. The summed E-state index contributed by atoms with van der Waals surface area (Å²) in [7, 11) is 0. The van der Waals surface area contributed by atoms with Gasteiger partial charge in [-0.3, -0.25) is 10.6 Å². The number of rotatable bonds is 2. The number of hydrogen-bond donors (Lipinski definition) is 3. The molecule has 0 aromatic rings. The van der Waals surface area contributed by atoms with Crippen LogP contribution in [0.2, 0.25) is 0 Å². The van der Waals surface area contributed by atoms with Gasteiger partial charge in [-0.1, -0.05) is 0 Å². The zero-order chi connectivity index (χ0) is 6.78. The van der Waals surface area contributed by atoms with Crippen LogP contribution in [0.4, 0.5) is 0 Å². The summed E-state index contributed by atoms with van der Waals surface area (Å²) < 4.78 is 0. The first-order chi connectivity index (χ1) is 3.50. The normalized spacial score (nSPS) is 11.5. The van der Waals surface area contributed by atoms with Crippen molar-refractivity contribution in [1.29, 1.82) is 0 Å². The number of nitrogens with two attached hydrogens (primary N) is 1. The monoisotopic (exact) mass is 134 g/mol. The summed E-state index contributed by atoms with van der Waals surface area (Å²) in [5, 5.41) is -0.264. The molecule has 0 aliphatic carbocycles. The Morgan fingerprint density at radius 2 is 2.12 bits per heavy atom. The summed E-state index contributed by atoms with van der Waals surface area (Å²) in [5.74, 6) is 4.99. The molecule has 0 saturated carbocycles. The van der Waals surface area contributed by atoms with Gasteiger partial charge in [0.2, 0.25) is 5.12 Å². The maximum absolute atomic E-state index is 10.4. The molecule has 48 valence electrons. The first-order valence-electron chi connectivity index (χ1n) is 2.22. The number of carbonyl (C=O) groups excluding carboxylic acids is 1. The Labute approximate surface area is 54.0 Å². The van der Waals surface area contributed by atoms with Crippen LogP contribution in [0.25, 0.3) is 0 Å². The van der Waals surface area contributed by atoms with Crippen LogP contribution in [0.15, 0.2) is 0 Å². The largest absolute Gasteiger partial charge is 0.285 e. The van der Waals surface area contributed by atoms with E-state index in [-0.39, 0.29) is 5.12 Å². The maximum Gasteiger partial charge on any atom is 0.206 e. The van der Waals surface area contributed by atoms with Crippen LogP contribution in [-0.4, -0.2) is 10.7 Å². The van der Waals surface area contributed by atoms with E-state index >= 15 is 0 Å². The van der Waals surface area contributed by atoms with Crippen LogP contribution >= 0.6 is 12.6 Å². The van der Waals surface area contributed by atoms with E-state index in [0.29, 0.717) is 0 Å². The predicted octanol–water partition coefficient (Wildman–Crippen LogP) is -0.315. The summed E-state index contributed by atoms with van der Waals surface area (Å²) in [6.07, 6.45) is 0. The molecule has 3 N–H and O–H groups in total. The molecule has 0 fully saturated rings. The van der Waals surface area contributed by atoms with Crippen molar-refractivity contribution in [2.24, 2.45) is 5.84 Å². The molecule has 0 rings (SSSR count). The maximum atomic E-state index is 10.4. The third-order valence-corrected chi connectivity index (χ3v) is 1.45. The van der Waals surface area contributed by atoms with Crippen LogP contribution in [0.3, 0.4) is 0 Å². The molecule has 0 bridgehead atoms. The lowest BCUT2D eigenvalue weighted by atomic mass is 10.1. The molecule has 0 aliphatic rings. The van der Waals surface area contributed by atoms with E-state index in [2.05, 4.69) is 18.1 Å². The van der Waals surface area contributed by atoms with E-state index in [4.69, 9.17) is 5.84 Å². The lowest BCUT2D eigenvalue weighted by molar-refractivity contribution is -0.115. The van der Waals surface area contributed by atoms with Gasteiger partial charge in [0, 0.05) is 0 Å². The SMILES string of the molecule is CC(C)(NN)C(=O)S. The molecule has 4 heteroatoms. The van der Waals surface area contributed by atoms with Crippen molar-refractivity contribution in [2.75, 3.05) is 0 Å². The topological polar surface area (TPSA) is 55.1 Å². The van der Waals surface area contributed by atoms with Crippen molar-refractivity contribution in [1.82, 2.24) is 5.43 Å². The molecule has 0 radical (unpaired) electrons. The minimum Gasteiger partial charge on any atom is -0.285 e. The fourth-order valence-electron chi connectivity index (χ4n) is 0.0617. The summed E-state index contributed by atoms with van der Waals surface area (Å²) in [6, 6.07) is 0. The van der Waals surface area contributed by atoms with Gasteiger partial charge in [0.05, 0.1) is 5.54 Å². The zero-order valence-corrected chi connectivity index (χ0v) is 5.83. The molecule has 0 spiro atoms. The van der Waals surface area contributed by atoms with Gasteiger partial charge in [0.25, 0.3) is 0 Å². The number of thiol groups is 1. The standard InChI is InChI=1S/C4H10N2OS/c1-4(2,6-5)3(7)8/h6H,5H2,1-2H3,(H,7,8). The van der Waals surface area contributed by atoms with Gasteiger partial charge in [-0.05, 0) is 13.8 Å². The Balaban J connectivity index is 3.91. The molecule has 0 aliphatic heterocycles. The van der Waals surface area contributed by atoms with Crippen molar-refractivity contribution in [2.45, 2.75) is 19.4 Å². The average Bonchev–Trinajstić information content (AvgIpc) is 1.67. The van der Waals surface area contributed by atoms with Gasteiger partial charge in [-0.2, -0.15) is 0 Å². The minimum atomic E-state index is -0.705. The quantitative estimate of drug-likeness (QED) is 0.276. The van der Waals surface area contributed by atoms with E-state index in [9.17, 15) is 4.79 Å². The second-order valence-corrected chi connectivity index (χ2v) is 2.48. The lowest BCUT2D eigenvalue weighted by Crippen LogP contribution is -2.48. The third kappa shape index (κ3) is 1.81. The Morgan fingerprint density at radius 1 is 1.75 bits per heavy atom. The van der Waals surface area contributed by atoms with Crippen LogP contribution in [0.5, 0.6) is 0 Å². The average molecular weight is 134 g/mol. The summed E-state index contributed by atoms with van der Waals surface area (Å²) in [5.41, 5.74) is 1.61. The van der Waals surface area contributed by atoms with E-state index in [0.717, 1.165) is 0 Å². The predicted molar refractivity (Wildman–Crippen MR) is 35.4 cm³/mol. The molecule has 0 atom stereocenters. The molecule has 0 amide bonds. The first-order valence-corrected chi connectivity index (χ1v) is 2.66. The van der Waals surface area contributed by atoms with Crippen molar-refractivity contribution < 1.29 is 4.79 Å². The Morgan fingerprint density at radius 3 is 2.12 bits per heavy atom. The van der Waals surface area contributed by atoms with Crippen LogP contribution in [-0.2, 0) is 4.79 Å². The Hall–Kier alpha value is -0.0600. The second-order valence-electron chi connectivity index (χ2n) is 2.07. The van der Waals surface area contributed by atoms with E-state index in [1.165, 1.54) is 0 Å². The number of carbonyl (C=O) groups is 1. The fraction of sp³-hybridized carbons (Fsp3) is 0.750. The van der Waals surface area contributed by atoms with Crippen LogP contribution in [0, 0.1) is 0 Å². The summed E-state index contributed by atoms with van der Waals surface area (Å²) >= 11 is 3.58. The highest BCUT2D eigenvalue weighted by Gasteiger charge is 2.21. The van der Waals surface area contributed by atoms with Crippen molar-refractivity contribution >= 4 is 17.7 Å². The van der Waals surface area contributed by atoms with Crippen molar-refractivity contribution in [3.05, 3.63) is 0 Å². The number of hydrogen-bond acceptors (Lipinski definition) is 3. The fourth-order valence-corrected chi connectivity index (χ4v) is 0.126. The van der Waals surface area contributed by atoms with E-state index < -0.39 is 5.54 Å². The molecular formula is C4H10N2OS. The second kappa shape index (κ2) is 2.48. The van der Waals surface area contributed by atoms with Gasteiger partial charge >= 0.3 is 0 Å². The van der Waals surface area contributed by atoms with Gasteiger partial charge in [-0.15, -0.1) is 12.6 Å². The van der Waals surface area contributed by atoms with E-state index in [1.54, 1.807) is 13.8 Å². The molecule has 3 nitrogen and oxygen atoms in total. The number of hydrazine groups is 1. The Kier molecular flexibility index (Phi) is 2.46. The number of nitrogens with one attached hydrogen (secondary N) is 1. The van der Waals surface area contributed by atoms with Gasteiger partial charge in [-0.25, -0.2) is 5.43 Å². The zero-order valence-electron chi connectivity index (χ0n) is 4.93. The molecule has 0 aromatic heterocycles. The summed E-state index contributed by atoms with van der Waals surface area (Å²) in [6.45, 7) is 3.31. The lowest BCUT2D eigenvalue weighted by Gasteiger charge is -2.17. The van der Waals surface area contributed by atoms with Gasteiger partial charge in [0.15, 0.2) is 0 Å². The third-order valence-electron chi connectivity index (χ3n) is 0.896. The highest BCUT2D eigenvalue weighted by atomic mass is 32.1. The smallest absolute Gasteiger partial charge is 0.206 e. The highest BCUT2D eigenvalue weighted by molar-refractivity contribution is 7.96. The van der Waals surface area contributed by atoms with Crippen molar-refractivity contribution in [3.63, 3.8) is 0 Å². The van der Waals surface area contributed by atoms with Crippen LogP contribution < -0.4 is 11.3 Å². The molecular weight excluding hydrogens is 124 g/mol. The van der Waals surface area contributed by atoms with Gasteiger partial charge < -0.3 is 0 Å². The van der Waals surface area contributed by atoms with Gasteiger partial charge in [0.1, 0.15) is 0 Å². The first kappa shape index (κ1) is 7.94. The summed E-state index contributed by atoms with van der Waals surface area (Å²) in [4.78, 5) is 10.4. The van der Waals surface area contributed by atoms with Crippen molar-refractivity contribution in [3.8, 4) is 0 Å². The highest BCUT2D eigenvalue weighted by Crippen LogP contribution is 2.02. The molecule has 0 aromatic carbocycles. The minimum absolute atomic E-state index is 0.264. The molecule has 8 heavy (non-hydrogen) atoms. The Bertz CT molecular complexity index is 102. The molecule has 0 unspecified atom stereocenters.